The highest BCUT2D eigenvalue weighted by Crippen LogP contribution is 2.17. The number of hydrogen-bond donors (Lipinski definition) is 3. The molecule has 0 aliphatic heterocycles. The molecule has 0 spiro atoms. The third-order valence-electron chi connectivity index (χ3n) is 1.55. The van der Waals surface area contributed by atoms with Crippen LogP contribution in [-0.4, -0.2) is 10.2 Å². The minimum Gasteiger partial charge on any atom is -0.429 e. The Labute approximate surface area is 72.8 Å². The lowest BCUT2D eigenvalue weighted by molar-refractivity contribution is 0.389. The Morgan fingerprint density at radius 2 is 2.33 bits per heavy atom. The molecule has 12 heavy (non-hydrogen) atoms. The fourth-order valence-corrected chi connectivity index (χ4v) is 1.22. The second-order valence-corrected chi connectivity index (χ2v) is 2.71. The number of H-pyrrole nitrogens is 1. The molecule has 0 radical (unpaired) electrons. The number of benzene rings is 1. The lowest BCUT2D eigenvalue weighted by atomic mass is 10.3. The molecule has 0 aliphatic carbocycles. The lowest BCUT2D eigenvalue weighted by Gasteiger charge is -1.95. The van der Waals surface area contributed by atoms with Gasteiger partial charge in [-0.15, -0.1) is 0 Å². The molecule has 62 valence electrons. The van der Waals surface area contributed by atoms with Crippen molar-refractivity contribution in [2.75, 3.05) is 5.48 Å². The smallest absolute Gasteiger partial charge is 0.266 e. The first-order valence-corrected chi connectivity index (χ1v) is 3.73. The average Bonchev–Trinajstić information content (AvgIpc) is 2.43. The Hall–Kier alpha value is -1.33. The summed E-state index contributed by atoms with van der Waals surface area (Å²) in [7, 11) is 0. The van der Waals surface area contributed by atoms with Crippen LogP contribution in [0.25, 0.3) is 11.1 Å². The zero-order valence-electron chi connectivity index (χ0n) is 6.00. The summed E-state index contributed by atoms with van der Waals surface area (Å²) in [5, 5.41) is 8.58. The number of oxazole rings is 1. The van der Waals surface area contributed by atoms with Gasteiger partial charge < -0.3 is 9.40 Å². The molecular weight excluding hydrogens is 176 g/mol. The van der Waals surface area contributed by atoms with Crippen LogP contribution in [0.3, 0.4) is 0 Å². The van der Waals surface area contributed by atoms with E-state index in [0.29, 0.717) is 16.1 Å². The van der Waals surface area contributed by atoms with Gasteiger partial charge in [-0.25, -0.2) is 0 Å². The number of anilines is 1. The Morgan fingerprint density at radius 1 is 1.50 bits per heavy atom. The van der Waals surface area contributed by atoms with Crippen molar-refractivity contribution in [2.24, 2.45) is 0 Å². The standard InChI is InChI=1S/C7H6N2O2S/c10-9-4-1-2-6-5(3-4)8-7(12)11-6/h1-3,9-10H,(H,8,12). The molecule has 0 atom stereocenters. The second-order valence-electron chi connectivity index (χ2n) is 2.34. The molecule has 0 bridgehead atoms. The van der Waals surface area contributed by atoms with Crippen LogP contribution < -0.4 is 5.48 Å². The highest BCUT2D eigenvalue weighted by atomic mass is 32.1. The van der Waals surface area contributed by atoms with E-state index >= 15 is 0 Å². The molecule has 1 heterocycles. The van der Waals surface area contributed by atoms with E-state index in [9.17, 15) is 0 Å². The highest BCUT2D eigenvalue weighted by Gasteiger charge is 1.98. The van der Waals surface area contributed by atoms with Crippen LogP contribution in [0.1, 0.15) is 0 Å². The molecule has 0 unspecified atom stereocenters. The van der Waals surface area contributed by atoms with Gasteiger partial charge in [0.05, 0.1) is 11.2 Å². The van der Waals surface area contributed by atoms with E-state index in [-0.39, 0.29) is 0 Å². The molecule has 3 N–H and O–H groups in total. The Bertz CT molecular complexity index is 460. The average molecular weight is 182 g/mol. The number of rotatable bonds is 1. The van der Waals surface area contributed by atoms with E-state index in [1.54, 1.807) is 18.2 Å². The Balaban J connectivity index is 2.74. The molecule has 2 aromatic rings. The number of aromatic amines is 1. The predicted octanol–water partition coefficient (Wildman–Crippen LogP) is 2.29. The van der Waals surface area contributed by atoms with Crippen molar-refractivity contribution >= 4 is 29.0 Å². The number of aromatic nitrogens is 1. The summed E-state index contributed by atoms with van der Waals surface area (Å²) < 4.78 is 5.12. The highest BCUT2D eigenvalue weighted by molar-refractivity contribution is 7.71. The van der Waals surface area contributed by atoms with Crippen LogP contribution in [0.15, 0.2) is 22.6 Å². The molecule has 0 fully saturated rings. The Morgan fingerprint density at radius 3 is 3.08 bits per heavy atom. The van der Waals surface area contributed by atoms with Crippen molar-refractivity contribution in [3.8, 4) is 0 Å². The van der Waals surface area contributed by atoms with E-state index in [2.05, 4.69) is 4.98 Å². The number of hydrogen-bond acceptors (Lipinski definition) is 4. The molecular formula is C7H6N2O2S. The predicted molar refractivity (Wildman–Crippen MR) is 46.8 cm³/mol. The van der Waals surface area contributed by atoms with E-state index in [4.69, 9.17) is 21.8 Å². The van der Waals surface area contributed by atoms with Gasteiger partial charge in [0.2, 0.25) is 0 Å². The van der Waals surface area contributed by atoms with Crippen molar-refractivity contribution in [2.45, 2.75) is 0 Å². The maximum atomic E-state index is 8.58. The van der Waals surface area contributed by atoms with Crippen LogP contribution in [0.5, 0.6) is 0 Å². The summed E-state index contributed by atoms with van der Waals surface area (Å²) in [4.78, 5) is 3.16. The molecule has 1 aromatic heterocycles. The zero-order chi connectivity index (χ0) is 8.55. The van der Waals surface area contributed by atoms with Gasteiger partial charge in [-0.3, -0.25) is 10.7 Å². The summed E-state index contributed by atoms with van der Waals surface area (Å²) in [6, 6.07) is 5.11. The van der Waals surface area contributed by atoms with Gasteiger partial charge in [0.15, 0.2) is 5.58 Å². The van der Waals surface area contributed by atoms with Gasteiger partial charge >= 0.3 is 0 Å². The van der Waals surface area contributed by atoms with Crippen molar-refractivity contribution in [1.29, 1.82) is 0 Å². The minimum atomic E-state index is 0.333. The molecule has 0 saturated heterocycles. The summed E-state index contributed by atoms with van der Waals surface area (Å²) in [6.45, 7) is 0. The van der Waals surface area contributed by atoms with Crippen LogP contribution in [-0.2, 0) is 0 Å². The largest absolute Gasteiger partial charge is 0.429 e. The molecule has 0 aliphatic rings. The number of nitrogens with one attached hydrogen (secondary N) is 2. The summed E-state index contributed by atoms with van der Waals surface area (Å²) in [5.41, 5.74) is 4.07. The topological polar surface area (TPSA) is 61.2 Å². The molecule has 0 saturated carbocycles. The summed E-state index contributed by atoms with van der Waals surface area (Å²) >= 11 is 4.79. The maximum absolute atomic E-state index is 8.58. The maximum Gasteiger partial charge on any atom is 0.266 e. The van der Waals surface area contributed by atoms with Crippen molar-refractivity contribution in [1.82, 2.24) is 4.98 Å². The second kappa shape index (κ2) is 2.62. The van der Waals surface area contributed by atoms with Crippen LogP contribution in [0.2, 0.25) is 0 Å². The van der Waals surface area contributed by atoms with Crippen molar-refractivity contribution < 1.29 is 9.62 Å². The SMILES string of the molecule is ONc1ccc2oc(=S)[nH]c2c1. The van der Waals surface area contributed by atoms with Gasteiger partial charge in [0, 0.05) is 0 Å². The first kappa shape index (κ1) is 7.33. The van der Waals surface area contributed by atoms with Gasteiger partial charge in [-0.05, 0) is 30.4 Å². The van der Waals surface area contributed by atoms with E-state index in [1.165, 1.54) is 0 Å². The third kappa shape index (κ3) is 1.09. The summed E-state index contributed by atoms with van der Waals surface area (Å²) in [6.07, 6.45) is 0. The molecule has 5 heteroatoms. The van der Waals surface area contributed by atoms with Gasteiger partial charge in [0.25, 0.3) is 4.84 Å². The lowest BCUT2D eigenvalue weighted by Crippen LogP contribution is -1.87. The van der Waals surface area contributed by atoms with Crippen LogP contribution in [0.4, 0.5) is 5.69 Å². The van der Waals surface area contributed by atoms with Crippen LogP contribution >= 0.6 is 12.2 Å². The van der Waals surface area contributed by atoms with E-state index in [1.807, 2.05) is 5.48 Å². The number of fused-ring (bicyclic) bond motifs is 1. The van der Waals surface area contributed by atoms with E-state index < -0.39 is 0 Å². The minimum absolute atomic E-state index is 0.333. The molecule has 4 nitrogen and oxygen atoms in total. The summed E-state index contributed by atoms with van der Waals surface area (Å²) in [5.74, 6) is 0. The Kier molecular flexibility index (Phi) is 1.60. The quantitative estimate of drug-likeness (QED) is 0.467. The first-order valence-electron chi connectivity index (χ1n) is 3.32. The van der Waals surface area contributed by atoms with Crippen molar-refractivity contribution in [3.05, 3.63) is 23.0 Å². The van der Waals surface area contributed by atoms with Gasteiger partial charge in [-0.2, -0.15) is 0 Å². The third-order valence-corrected chi connectivity index (χ3v) is 1.73. The van der Waals surface area contributed by atoms with E-state index in [0.717, 1.165) is 5.52 Å². The first-order chi connectivity index (χ1) is 5.79. The normalized spacial score (nSPS) is 10.4. The van der Waals surface area contributed by atoms with Gasteiger partial charge in [0.1, 0.15) is 0 Å². The molecule has 2 rings (SSSR count). The molecule has 1 aromatic carbocycles. The van der Waals surface area contributed by atoms with Gasteiger partial charge in [-0.1, -0.05) is 0 Å². The fourth-order valence-electron chi connectivity index (χ4n) is 1.02. The fraction of sp³-hybridized carbons (Fsp3) is 0. The van der Waals surface area contributed by atoms with Crippen molar-refractivity contribution in [3.63, 3.8) is 0 Å². The molecule has 0 amide bonds. The monoisotopic (exact) mass is 182 g/mol. The zero-order valence-corrected chi connectivity index (χ0v) is 6.81. The van der Waals surface area contributed by atoms with Crippen LogP contribution in [0, 0.1) is 4.84 Å².